The third kappa shape index (κ3) is 3.38. The summed E-state index contributed by atoms with van der Waals surface area (Å²) in [4.78, 5) is 12.6. The van der Waals surface area contributed by atoms with Gasteiger partial charge in [-0.05, 0) is 18.2 Å². The number of benzene rings is 1. The molecule has 0 aliphatic carbocycles. The van der Waals surface area contributed by atoms with E-state index >= 15 is 0 Å². The number of nitrogens with zero attached hydrogens (tertiary/aromatic N) is 3. The first-order valence-corrected chi connectivity index (χ1v) is 7.02. The average Bonchev–Trinajstić information content (AvgIpc) is 2.54. The molecule has 2 aromatic heterocycles. The Morgan fingerprint density at radius 2 is 1.95 bits per heavy atom. The van der Waals surface area contributed by atoms with E-state index in [1.54, 1.807) is 42.7 Å². The molecule has 0 unspecified atom stereocenters. The van der Waals surface area contributed by atoms with E-state index in [-0.39, 0.29) is 5.82 Å². The van der Waals surface area contributed by atoms with Crippen LogP contribution < -0.4 is 5.32 Å². The fraction of sp³-hybridized carbons (Fsp3) is 0.0625. The molecule has 0 saturated heterocycles. The molecule has 2 heterocycles. The van der Waals surface area contributed by atoms with Crippen LogP contribution in [0.25, 0.3) is 11.4 Å². The first-order valence-electron chi connectivity index (χ1n) is 6.64. The third-order valence-corrected chi connectivity index (χ3v) is 3.23. The van der Waals surface area contributed by atoms with Crippen molar-refractivity contribution in [2.75, 3.05) is 5.32 Å². The molecule has 6 heteroatoms. The summed E-state index contributed by atoms with van der Waals surface area (Å²) in [7, 11) is 0. The zero-order valence-electron chi connectivity index (χ0n) is 11.5. The van der Waals surface area contributed by atoms with Gasteiger partial charge in [-0.3, -0.25) is 4.98 Å². The maximum Gasteiger partial charge on any atom is 0.164 e. The predicted octanol–water partition coefficient (Wildman–Crippen LogP) is 3.94. The number of halogens is 2. The molecule has 0 aliphatic rings. The smallest absolute Gasteiger partial charge is 0.164 e. The van der Waals surface area contributed by atoms with Gasteiger partial charge < -0.3 is 5.32 Å². The largest absolute Gasteiger partial charge is 0.366 e. The maximum atomic E-state index is 13.6. The van der Waals surface area contributed by atoms with Crippen molar-refractivity contribution in [1.82, 2.24) is 15.0 Å². The highest BCUT2D eigenvalue weighted by Crippen LogP contribution is 2.20. The van der Waals surface area contributed by atoms with E-state index in [1.807, 2.05) is 6.07 Å². The van der Waals surface area contributed by atoms with E-state index < -0.39 is 0 Å². The van der Waals surface area contributed by atoms with Gasteiger partial charge in [0.1, 0.15) is 16.8 Å². The second-order valence-electron chi connectivity index (χ2n) is 4.59. The highest BCUT2D eigenvalue weighted by Gasteiger charge is 2.07. The Labute approximate surface area is 132 Å². The van der Waals surface area contributed by atoms with E-state index in [4.69, 9.17) is 11.6 Å². The number of pyridine rings is 1. The van der Waals surface area contributed by atoms with Crippen LogP contribution in [0, 0.1) is 5.82 Å². The van der Waals surface area contributed by atoms with Crippen molar-refractivity contribution in [3.8, 4) is 11.4 Å². The van der Waals surface area contributed by atoms with Gasteiger partial charge in [-0.1, -0.05) is 29.8 Å². The van der Waals surface area contributed by atoms with E-state index in [0.29, 0.717) is 28.9 Å². The van der Waals surface area contributed by atoms with Gasteiger partial charge in [0.25, 0.3) is 0 Å². The van der Waals surface area contributed by atoms with Crippen LogP contribution in [0.5, 0.6) is 0 Å². The van der Waals surface area contributed by atoms with Crippen LogP contribution in [0.1, 0.15) is 5.56 Å². The Morgan fingerprint density at radius 1 is 1.09 bits per heavy atom. The van der Waals surface area contributed by atoms with Crippen LogP contribution in [0.3, 0.4) is 0 Å². The third-order valence-electron chi connectivity index (χ3n) is 3.03. The first kappa shape index (κ1) is 14.4. The Kier molecular flexibility index (Phi) is 4.25. The van der Waals surface area contributed by atoms with E-state index in [1.165, 1.54) is 6.07 Å². The molecule has 0 aliphatic heterocycles. The Bertz CT molecular complexity index is 780. The summed E-state index contributed by atoms with van der Waals surface area (Å²) in [5.41, 5.74) is 1.32. The van der Waals surface area contributed by atoms with E-state index in [2.05, 4.69) is 20.3 Å². The summed E-state index contributed by atoms with van der Waals surface area (Å²) < 4.78 is 13.6. The van der Waals surface area contributed by atoms with Crippen LogP contribution >= 0.6 is 11.6 Å². The SMILES string of the molecule is Fc1ccccc1CNc1cc(Cl)nc(-c2cccnc2)n1. The van der Waals surface area contributed by atoms with Crippen molar-refractivity contribution in [1.29, 1.82) is 0 Å². The molecule has 1 aromatic carbocycles. The monoisotopic (exact) mass is 314 g/mol. The molecule has 0 saturated carbocycles. The summed E-state index contributed by atoms with van der Waals surface area (Å²) in [5, 5.41) is 3.37. The normalized spacial score (nSPS) is 10.5. The Morgan fingerprint density at radius 3 is 2.73 bits per heavy atom. The molecule has 3 rings (SSSR count). The molecular formula is C16H12ClFN4. The summed E-state index contributed by atoms with van der Waals surface area (Å²) in [5.74, 6) is 0.737. The molecule has 22 heavy (non-hydrogen) atoms. The molecule has 3 aromatic rings. The van der Waals surface area contributed by atoms with Crippen molar-refractivity contribution in [3.63, 3.8) is 0 Å². The maximum absolute atomic E-state index is 13.6. The number of hydrogen-bond acceptors (Lipinski definition) is 4. The second kappa shape index (κ2) is 6.49. The molecule has 0 spiro atoms. The van der Waals surface area contributed by atoms with Crippen LogP contribution in [0.15, 0.2) is 54.9 Å². The fourth-order valence-electron chi connectivity index (χ4n) is 1.96. The van der Waals surface area contributed by atoms with Gasteiger partial charge >= 0.3 is 0 Å². The van der Waals surface area contributed by atoms with Gasteiger partial charge in [-0.2, -0.15) is 0 Å². The summed E-state index contributed by atoms with van der Waals surface area (Å²) in [6, 6.07) is 11.8. The van der Waals surface area contributed by atoms with E-state index in [9.17, 15) is 4.39 Å². The standard InChI is InChI=1S/C16H12ClFN4/c17-14-8-15(20-10-11-4-1-2-6-13(11)18)22-16(21-14)12-5-3-7-19-9-12/h1-9H,10H2,(H,20,21,22). The van der Waals surface area contributed by atoms with Crippen LogP contribution in [0.2, 0.25) is 5.15 Å². The Balaban J connectivity index is 1.83. The number of hydrogen-bond donors (Lipinski definition) is 1. The van der Waals surface area contributed by atoms with Gasteiger partial charge in [0.05, 0.1) is 0 Å². The molecular weight excluding hydrogens is 303 g/mol. The fourth-order valence-corrected chi connectivity index (χ4v) is 2.14. The number of rotatable bonds is 4. The van der Waals surface area contributed by atoms with Gasteiger partial charge in [0.15, 0.2) is 5.82 Å². The zero-order valence-corrected chi connectivity index (χ0v) is 12.3. The molecule has 1 N–H and O–H groups in total. The lowest BCUT2D eigenvalue weighted by Crippen LogP contribution is -2.04. The molecule has 0 atom stereocenters. The molecule has 0 radical (unpaired) electrons. The highest BCUT2D eigenvalue weighted by atomic mass is 35.5. The molecule has 110 valence electrons. The molecule has 0 fully saturated rings. The zero-order chi connectivity index (χ0) is 15.4. The second-order valence-corrected chi connectivity index (χ2v) is 4.97. The van der Waals surface area contributed by atoms with Crippen molar-refractivity contribution in [2.45, 2.75) is 6.54 Å². The van der Waals surface area contributed by atoms with Crippen molar-refractivity contribution in [2.24, 2.45) is 0 Å². The summed E-state index contributed by atoms with van der Waals surface area (Å²) in [6.07, 6.45) is 3.33. The quantitative estimate of drug-likeness (QED) is 0.741. The molecule has 0 amide bonds. The van der Waals surface area contributed by atoms with Crippen LogP contribution in [-0.4, -0.2) is 15.0 Å². The average molecular weight is 315 g/mol. The van der Waals surface area contributed by atoms with Gasteiger partial charge in [-0.25, -0.2) is 14.4 Å². The minimum atomic E-state index is -0.261. The number of anilines is 1. The lowest BCUT2D eigenvalue weighted by molar-refractivity contribution is 0.613. The topological polar surface area (TPSA) is 50.7 Å². The highest BCUT2D eigenvalue weighted by molar-refractivity contribution is 6.29. The van der Waals surface area contributed by atoms with E-state index in [0.717, 1.165) is 5.56 Å². The lowest BCUT2D eigenvalue weighted by Gasteiger charge is -2.08. The van der Waals surface area contributed by atoms with Crippen molar-refractivity contribution in [3.05, 3.63) is 71.4 Å². The van der Waals surface area contributed by atoms with Gasteiger partial charge in [0, 0.05) is 36.1 Å². The lowest BCUT2D eigenvalue weighted by atomic mass is 10.2. The number of nitrogens with one attached hydrogen (secondary N) is 1. The van der Waals surface area contributed by atoms with Crippen molar-refractivity contribution >= 4 is 17.4 Å². The first-order chi connectivity index (χ1) is 10.7. The predicted molar refractivity (Wildman–Crippen MR) is 84.0 cm³/mol. The van der Waals surface area contributed by atoms with Crippen molar-refractivity contribution < 1.29 is 4.39 Å². The minimum absolute atomic E-state index is 0.261. The van der Waals surface area contributed by atoms with Gasteiger partial charge in [-0.15, -0.1) is 0 Å². The molecule has 0 bridgehead atoms. The van der Waals surface area contributed by atoms with Gasteiger partial charge in [0.2, 0.25) is 0 Å². The Hall–Kier alpha value is -2.53. The summed E-state index contributed by atoms with van der Waals surface area (Å²) in [6.45, 7) is 0.312. The van der Waals surface area contributed by atoms with Crippen LogP contribution in [-0.2, 0) is 6.54 Å². The minimum Gasteiger partial charge on any atom is -0.366 e. The molecule has 4 nitrogen and oxygen atoms in total. The van der Waals surface area contributed by atoms with Crippen LogP contribution in [0.4, 0.5) is 10.2 Å². The summed E-state index contributed by atoms with van der Waals surface area (Å²) >= 11 is 6.03. The number of aromatic nitrogens is 3.